The lowest BCUT2D eigenvalue weighted by molar-refractivity contribution is -0.194. The molecule has 0 radical (unpaired) electrons. The van der Waals surface area contributed by atoms with Crippen LogP contribution in [0.25, 0.3) is 0 Å². The zero-order chi connectivity index (χ0) is 13.3. The molecule has 0 aromatic rings. The molecular formula is C15H28N2O2. The molecular weight excluding hydrogens is 240 g/mol. The highest BCUT2D eigenvalue weighted by Crippen LogP contribution is 2.40. The summed E-state index contributed by atoms with van der Waals surface area (Å²) in [7, 11) is 0. The Bertz CT molecular complexity index is 297. The smallest absolute Gasteiger partial charge is 0.170 e. The van der Waals surface area contributed by atoms with E-state index >= 15 is 0 Å². The van der Waals surface area contributed by atoms with Crippen LogP contribution in [0.4, 0.5) is 0 Å². The van der Waals surface area contributed by atoms with E-state index in [0.29, 0.717) is 0 Å². The van der Waals surface area contributed by atoms with Crippen molar-refractivity contribution < 1.29 is 9.47 Å². The largest absolute Gasteiger partial charge is 0.347 e. The van der Waals surface area contributed by atoms with Crippen LogP contribution >= 0.6 is 0 Å². The van der Waals surface area contributed by atoms with Crippen LogP contribution < -0.4 is 5.73 Å². The zero-order valence-corrected chi connectivity index (χ0v) is 12.2. The molecule has 4 nitrogen and oxygen atoms in total. The van der Waals surface area contributed by atoms with Crippen LogP contribution in [0.5, 0.6) is 0 Å². The number of ether oxygens (including phenoxy) is 2. The average Bonchev–Trinajstić information content (AvgIpc) is 2.90. The monoisotopic (exact) mass is 268 g/mol. The lowest BCUT2D eigenvalue weighted by Crippen LogP contribution is -2.60. The second-order valence-electron chi connectivity index (χ2n) is 6.71. The maximum atomic E-state index is 6.16. The summed E-state index contributed by atoms with van der Waals surface area (Å²) in [5, 5.41) is 0. The fourth-order valence-corrected chi connectivity index (χ4v) is 4.06. The highest BCUT2D eigenvalue weighted by molar-refractivity contribution is 4.98. The van der Waals surface area contributed by atoms with Crippen molar-refractivity contribution in [1.29, 1.82) is 0 Å². The van der Waals surface area contributed by atoms with E-state index in [2.05, 4.69) is 11.8 Å². The first-order chi connectivity index (χ1) is 9.18. The Balaban J connectivity index is 1.62. The van der Waals surface area contributed by atoms with Gasteiger partial charge in [-0.15, -0.1) is 0 Å². The third kappa shape index (κ3) is 2.56. The van der Waals surface area contributed by atoms with Crippen LogP contribution in [0.3, 0.4) is 0 Å². The molecule has 1 aliphatic carbocycles. The van der Waals surface area contributed by atoms with Gasteiger partial charge in [0.25, 0.3) is 0 Å². The summed E-state index contributed by atoms with van der Waals surface area (Å²) in [6, 6.07) is 0. The number of piperidine rings is 1. The highest BCUT2D eigenvalue weighted by atomic mass is 16.7. The normalized spacial score (nSPS) is 39.8. The van der Waals surface area contributed by atoms with Crippen molar-refractivity contribution in [2.45, 2.75) is 56.8 Å². The first kappa shape index (κ1) is 13.8. The number of rotatable bonds is 2. The molecule has 2 saturated heterocycles. The molecule has 3 fully saturated rings. The Morgan fingerprint density at radius 2 is 1.63 bits per heavy atom. The molecule has 0 unspecified atom stereocenters. The van der Waals surface area contributed by atoms with Gasteiger partial charge in [-0.05, 0) is 31.6 Å². The minimum atomic E-state index is -0.256. The van der Waals surface area contributed by atoms with Crippen molar-refractivity contribution in [3.63, 3.8) is 0 Å². The molecule has 0 amide bonds. The van der Waals surface area contributed by atoms with Gasteiger partial charge >= 0.3 is 0 Å². The molecule has 4 heteroatoms. The SMILES string of the molecule is CC1CCC(CN)(N2CCC3(CC2)OCCO3)CC1. The highest BCUT2D eigenvalue weighted by Gasteiger charge is 2.45. The molecule has 0 aromatic carbocycles. The number of hydrogen-bond acceptors (Lipinski definition) is 4. The van der Waals surface area contributed by atoms with E-state index in [-0.39, 0.29) is 11.3 Å². The third-order valence-electron chi connectivity index (χ3n) is 5.59. The fraction of sp³-hybridized carbons (Fsp3) is 1.00. The molecule has 19 heavy (non-hydrogen) atoms. The van der Waals surface area contributed by atoms with E-state index in [1.54, 1.807) is 0 Å². The lowest BCUT2D eigenvalue weighted by atomic mass is 9.75. The van der Waals surface area contributed by atoms with Gasteiger partial charge in [0.1, 0.15) is 0 Å². The molecule has 0 aromatic heterocycles. The van der Waals surface area contributed by atoms with Crippen LogP contribution in [-0.4, -0.2) is 49.1 Å². The quantitative estimate of drug-likeness (QED) is 0.828. The average molecular weight is 268 g/mol. The Morgan fingerprint density at radius 1 is 1.05 bits per heavy atom. The number of nitrogens with zero attached hydrogens (tertiary/aromatic N) is 1. The summed E-state index contributed by atoms with van der Waals surface area (Å²) < 4.78 is 11.6. The molecule has 2 aliphatic heterocycles. The predicted octanol–water partition coefficient (Wildman–Crippen LogP) is 1.73. The number of likely N-dealkylation sites (tertiary alicyclic amines) is 1. The maximum Gasteiger partial charge on any atom is 0.170 e. The summed E-state index contributed by atoms with van der Waals surface area (Å²) in [6.07, 6.45) is 7.19. The molecule has 1 spiro atoms. The van der Waals surface area contributed by atoms with E-state index in [4.69, 9.17) is 15.2 Å². The van der Waals surface area contributed by atoms with Crippen LogP contribution in [0.1, 0.15) is 45.4 Å². The van der Waals surface area contributed by atoms with Gasteiger partial charge in [-0.2, -0.15) is 0 Å². The van der Waals surface area contributed by atoms with Crippen molar-refractivity contribution in [3.8, 4) is 0 Å². The standard InChI is InChI=1S/C15H28N2O2/c1-13-2-4-14(12-16,5-3-13)17-8-6-15(7-9-17)18-10-11-19-15/h13H,2-12,16H2,1H3. The van der Waals surface area contributed by atoms with Crippen molar-refractivity contribution in [3.05, 3.63) is 0 Å². The van der Waals surface area contributed by atoms with Crippen LogP contribution in [0.2, 0.25) is 0 Å². The summed E-state index contributed by atoms with van der Waals surface area (Å²) in [6.45, 7) is 6.84. The van der Waals surface area contributed by atoms with Gasteiger partial charge in [-0.25, -0.2) is 0 Å². The van der Waals surface area contributed by atoms with Gasteiger partial charge in [-0.3, -0.25) is 4.90 Å². The first-order valence-electron chi connectivity index (χ1n) is 7.91. The van der Waals surface area contributed by atoms with E-state index < -0.39 is 0 Å². The van der Waals surface area contributed by atoms with Gasteiger partial charge in [0, 0.05) is 38.0 Å². The second kappa shape index (κ2) is 5.32. The Kier molecular flexibility index (Phi) is 3.87. The first-order valence-corrected chi connectivity index (χ1v) is 7.91. The number of nitrogens with two attached hydrogens (primary N) is 1. The van der Waals surface area contributed by atoms with Gasteiger partial charge in [0.15, 0.2) is 5.79 Å². The Hall–Kier alpha value is -0.160. The lowest BCUT2D eigenvalue weighted by Gasteiger charge is -2.51. The van der Waals surface area contributed by atoms with Gasteiger partial charge in [0.2, 0.25) is 0 Å². The summed E-state index contributed by atoms with van der Waals surface area (Å²) >= 11 is 0. The fourth-order valence-electron chi connectivity index (χ4n) is 4.06. The molecule has 0 bridgehead atoms. The van der Waals surface area contributed by atoms with Crippen molar-refractivity contribution >= 4 is 0 Å². The second-order valence-corrected chi connectivity index (χ2v) is 6.71. The van der Waals surface area contributed by atoms with Crippen LogP contribution in [0.15, 0.2) is 0 Å². The van der Waals surface area contributed by atoms with Crippen LogP contribution in [-0.2, 0) is 9.47 Å². The summed E-state index contributed by atoms with van der Waals surface area (Å²) in [4.78, 5) is 2.63. The summed E-state index contributed by atoms with van der Waals surface area (Å²) in [5.41, 5.74) is 6.41. The van der Waals surface area contributed by atoms with Crippen LogP contribution in [0, 0.1) is 5.92 Å². The van der Waals surface area contributed by atoms with E-state index in [1.165, 1.54) is 25.7 Å². The molecule has 3 rings (SSSR count). The van der Waals surface area contributed by atoms with E-state index in [1.807, 2.05) is 0 Å². The maximum absolute atomic E-state index is 6.16. The molecule has 2 heterocycles. The van der Waals surface area contributed by atoms with Crippen molar-refractivity contribution in [1.82, 2.24) is 4.90 Å². The number of hydrogen-bond donors (Lipinski definition) is 1. The van der Waals surface area contributed by atoms with E-state index in [0.717, 1.165) is 51.6 Å². The summed E-state index contributed by atoms with van der Waals surface area (Å²) in [5.74, 6) is 0.617. The zero-order valence-electron chi connectivity index (χ0n) is 12.2. The topological polar surface area (TPSA) is 47.7 Å². The molecule has 3 aliphatic rings. The molecule has 2 N–H and O–H groups in total. The van der Waals surface area contributed by atoms with Crippen molar-refractivity contribution in [2.75, 3.05) is 32.8 Å². The van der Waals surface area contributed by atoms with E-state index in [9.17, 15) is 0 Å². The molecule has 0 atom stereocenters. The minimum Gasteiger partial charge on any atom is -0.347 e. The van der Waals surface area contributed by atoms with Gasteiger partial charge in [0.05, 0.1) is 13.2 Å². The van der Waals surface area contributed by atoms with Gasteiger partial charge in [-0.1, -0.05) is 6.92 Å². The molecule has 110 valence electrons. The van der Waals surface area contributed by atoms with Crippen molar-refractivity contribution in [2.24, 2.45) is 11.7 Å². The Labute approximate surface area is 116 Å². The predicted molar refractivity (Wildman–Crippen MR) is 74.9 cm³/mol. The van der Waals surface area contributed by atoms with Gasteiger partial charge < -0.3 is 15.2 Å². The molecule has 1 saturated carbocycles. The minimum absolute atomic E-state index is 0.256. The third-order valence-corrected chi connectivity index (χ3v) is 5.59. The Morgan fingerprint density at radius 3 is 2.16 bits per heavy atom.